The Morgan fingerprint density at radius 3 is 2.70 bits per heavy atom. The van der Waals surface area contributed by atoms with Crippen LogP contribution in [-0.2, 0) is 4.74 Å². The number of aliphatic hydroxyl groups excluding tert-OH is 2. The number of ether oxygens (including phenoxy) is 1. The van der Waals surface area contributed by atoms with Gasteiger partial charge in [-0.05, 0) is 0 Å². The highest BCUT2D eigenvalue weighted by atomic mass is 16.5. The lowest BCUT2D eigenvalue weighted by molar-refractivity contribution is 0.0151. The molecule has 3 heteroatoms. The van der Waals surface area contributed by atoms with Crippen molar-refractivity contribution in [1.29, 1.82) is 0 Å². The second kappa shape index (κ2) is 3.14. The van der Waals surface area contributed by atoms with Gasteiger partial charge in [-0.3, -0.25) is 0 Å². The third-order valence-electron chi connectivity index (χ3n) is 1.67. The van der Waals surface area contributed by atoms with Crippen LogP contribution in [0.5, 0.6) is 0 Å². The first-order valence-corrected chi connectivity index (χ1v) is 3.35. The van der Waals surface area contributed by atoms with Crippen LogP contribution >= 0.6 is 0 Å². The van der Waals surface area contributed by atoms with Gasteiger partial charge in [0.15, 0.2) is 0 Å². The van der Waals surface area contributed by atoms with Gasteiger partial charge in [0.25, 0.3) is 0 Å². The van der Waals surface area contributed by atoms with E-state index in [-0.39, 0.29) is 18.8 Å². The van der Waals surface area contributed by atoms with Crippen molar-refractivity contribution in [2.24, 2.45) is 0 Å². The molecular formula is C7H12O3. The minimum Gasteiger partial charge on any atom is -0.394 e. The zero-order chi connectivity index (χ0) is 7.56. The SMILES string of the molecule is C=C[C@@H]1O[C@H](CO)C[C@H]1O. The molecule has 0 spiro atoms. The molecule has 0 aliphatic carbocycles. The topological polar surface area (TPSA) is 49.7 Å². The van der Waals surface area contributed by atoms with Crippen LogP contribution in [0.25, 0.3) is 0 Å². The van der Waals surface area contributed by atoms with E-state index in [0.717, 1.165) is 0 Å². The summed E-state index contributed by atoms with van der Waals surface area (Å²) >= 11 is 0. The quantitative estimate of drug-likeness (QED) is 0.522. The van der Waals surface area contributed by atoms with Crippen molar-refractivity contribution >= 4 is 0 Å². The lowest BCUT2D eigenvalue weighted by Crippen LogP contribution is -2.17. The van der Waals surface area contributed by atoms with Crippen LogP contribution in [0.4, 0.5) is 0 Å². The van der Waals surface area contributed by atoms with Gasteiger partial charge >= 0.3 is 0 Å². The van der Waals surface area contributed by atoms with Gasteiger partial charge in [0.1, 0.15) is 6.10 Å². The van der Waals surface area contributed by atoms with Gasteiger partial charge in [-0.1, -0.05) is 6.08 Å². The molecule has 10 heavy (non-hydrogen) atoms. The molecule has 1 aliphatic heterocycles. The van der Waals surface area contributed by atoms with E-state index in [9.17, 15) is 5.11 Å². The molecule has 0 saturated carbocycles. The van der Waals surface area contributed by atoms with Crippen molar-refractivity contribution in [2.45, 2.75) is 24.7 Å². The molecule has 0 aromatic carbocycles. The summed E-state index contributed by atoms with van der Waals surface area (Å²) in [5, 5.41) is 17.8. The average molecular weight is 144 g/mol. The Morgan fingerprint density at radius 2 is 2.40 bits per heavy atom. The molecule has 1 saturated heterocycles. The van der Waals surface area contributed by atoms with E-state index >= 15 is 0 Å². The largest absolute Gasteiger partial charge is 0.394 e. The van der Waals surface area contributed by atoms with E-state index in [2.05, 4.69) is 6.58 Å². The normalized spacial score (nSPS) is 40.0. The molecule has 58 valence electrons. The molecule has 0 aromatic heterocycles. The summed E-state index contributed by atoms with van der Waals surface area (Å²) in [6.45, 7) is 3.47. The van der Waals surface area contributed by atoms with E-state index < -0.39 is 6.10 Å². The zero-order valence-corrected chi connectivity index (χ0v) is 5.73. The Labute approximate surface area is 59.9 Å². The van der Waals surface area contributed by atoms with Gasteiger partial charge in [-0.25, -0.2) is 0 Å². The molecule has 0 unspecified atom stereocenters. The van der Waals surface area contributed by atoms with Crippen molar-refractivity contribution in [1.82, 2.24) is 0 Å². The smallest absolute Gasteiger partial charge is 0.102 e. The molecule has 2 N–H and O–H groups in total. The van der Waals surface area contributed by atoms with Crippen molar-refractivity contribution in [3.63, 3.8) is 0 Å². The molecule has 3 nitrogen and oxygen atoms in total. The number of rotatable bonds is 2. The summed E-state index contributed by atoms with van der Waals surface area (Å²) in [5.74, 6) is 0. The number of hydrogen-bond donors (Lipinski definition) is 2. The molecule has 1 fully saturated rings. The summed E-state index contributed by atoms with van der Waals surface area (Å²) in [6, 6.07) is 0. The Balaban J connectivity index is 2.43. The monoisotopic (exact) mass is 144 g/mol. The van der Waals surface area contributed by atoms with E-state index in [1.165, 1.54) is 0 Å². The molecule has 1 aliphatic rings. The van der Waals surface area contributed by atoms with Crippen LogP contribution in [0.15, 0.2) is 12.7 Å². The van der Waals surface area contributed by atoms with Crippen molar-refractivity contribution in [2.75, 3.05) is 6.61 Å². The highest BCUT2D eigenvalue weighted by Gasteiger charge is 2.30. The molecule has 1 heterocycles. The van der Waals surface area contributed by atoms with Crippen LogP contribution in [0, 0.1) is 0 Å². The van der Waals surface area contributed by atoms with Gasteiger partial charge in [-0.15, -0.1) is 6.58 Å². The first-order chi connectivity index (χ1) is 4.77. The van der Waals surface area contributed by atoms with E-state index in [1.807, 2.05) is 0 Å². The van der Waals surface area contributed by atoms with Crippen LogP contribution in [0.2, 0.25) is 0 Å². The Morgan fingerprint density at radius 1 is 1.70 bits per heavy atom. The Bertz CT molecular complexity index is 124. The van der Waals surface area contributed by atoms with Crippen LogP contribution in [0.1, 0.15) is 6.42 Å². The van der Waals surface area contributed by atoms with Gasteiger partial charge in [-0.2, -0.15) is 0 Å². The Hall–Kier alpha value is -0.380. The predicted octanol–water partition coefficient (Wildman–Crippen LogP) is -0.317. The molecule has 0 amide bonds. The van der Waals surface area contributed by atoms with Crippen LogP contribution < -0.4 is 0 Å². The first kappa shape index (κ1) is 7.72. The number of hydrogen-bond acceptors (Lipinski definition) is 3. The highest BCUT2D eigenvalue weighted by Crippen LogP contribution is 2.20. The van der Waals surface area contributed by atoms with Gasteiger partial charge in [0.2, 0.25) is 0 Å². The van der Waals surface area contributed by atoms with E-state index in [4.69, 9.17) is 9.84 Å². The standard InChI is InChI=1S/C7H12O3/c1-2-7-6(9)3-5(4-8)10-7/h2,5-9H,1,3-4H2/t5-,6+,7-/m0/s1. The molecular weight excluding hydrogens is 132 g/mol. The van der Waals surface area contributed by atoms with Crippen LogP contribution in [0.3, 0.4) is 0 Å². The fourth-order valence-corrected chi connectivity index (χ4v) is 1.10. The molecule has 3 atom stereocenters. The summed E-state index contributed by atoms with van der Waals surface area (Å²) in [6.07, 6.45) is 1.07. The zero-order valence-electron chi connectivity index (χ0n) is 5.73. The minimum absolute atomic E-state index is 0.0264. The predicted molar refractivity (Wildman–Crippen MR) is 36.6 cm³/mol. The summed E-state index contributed by atoms with van der Waals surface area (Å²) in [4.78, 5) is 0. The lowest BCUT2D eigenvalue weighted by atomic mass is 10.1. The van der Waals surface area contributed by atoms with Crippen molar-refractivity contribution in [3.05, 3.63) is 12.7 Å². The second-order valence-corrected chi connectivity index (χ2v) is 2.44. The summed E-state index contributed by atoms with van der Waals surface area (Å²) < 4.78 is 5.15. The minimum atomic E-state index is -0.491. The van der Waals surface area contributed by atoms with Gasteiger partial charge in [0.05, 0.1) is 18.8 Å². The number of aliphatic hydroxyl groups is 2. The molecule has 1 rings (SSSR count). The lowest BCUT2D eigenvalue weighted by Gasteiger charge is -2.07. The maximum absolute atomic E-state index is 9.18. The van der Waals surface area contributed by atoms with Crippen LogP contribution in [-0.4, -0.2) is 35.1 Å². The van der Waals surface area contributed by atoms with Gasteiger partial charge < -0.3 is 14.9 Å². The Kier molecular flexibility index (Phi) is 2.43. The van der Waals surface area contributed by atoms with E-state index in [1.54, 1.807) is 6.08 Å². The first-order valence-electron chi connectivity index (χ1n) is 3.35. The summed E-state index contributed by atoms with van der Waals surface area (Å²) in [5.41, 5.74) is 0. The maximum atomic E-state index is 9.18. The fourth-order valence-electron chi connectivity index (χ4n) is 1.10. The average Bonchev–Trinajstić information content (AvgIpc) is 2.30. The third-order valence-corrected chi connectivity index (χ3v) is 1.67. The van der Waals surface area contributed by atoms with Gasteiger partial charge in [0, 0.05) is 6.42 Å². The maximum Gasteiger partial charge on any atom is 0.102 e. The molecule has 0 aromatic rings. The molecule has 0 bridgehead atoms. The highest BCUT2D eigenvalue weighted by molar-refractivity contribution is 4.92. The van der Waals surface area contributed by atoms with E-state index in [0.29, 0.717) is 6.42 Å². The summed E-state index contributed by atoms with van der Waals surface area (Å²) in [7, 11) is 0. The third kappa shape index (κ3) is 1.37. The van der Waals surface area contributed by atoms with Crippen molar-refractivity contribution < 1.29 is 14.9 Å². The van der Waals surface area contributed by atoms with Crippen molar-refractivity contribution in [3.8, 4) is 0 Å². The second-order valence-electron chi connectivity index (χ2n) is 2.44. The fraction of sp³-hybridized carbons (Fsp3) is 0.714. The molecule has 0 radical (unpaired) electrons.